The van der Waals surface area contributed by atoms with Gasteiger partial charge in [0, 0.05) is 19.1 Å². The van der Waals surface area contributed by atoms with Gasteiger partial charge in [0.05, 0.1) is 0 Å². The maximum Gasteiger partial charge on any atom is 0.0177 e. The van der Waals surface area contributed by atoms with E-state index < -0.39 is 0 Å². The van der Waals surface area contributed by atoms with Crippen LogP contribution in [0.2, 0.25) is 0 Å². The van der Waals surface area contributed by atoms with Gasteiger partial charge >= 0.3 is 0 Å². The van der Waals surface area contributed by atoms with Gasteiger partial charge in [0.15, 0.2) is 0 Å². The molecular weight excluding hydrogens is 124 g/mol. The van der Waals surface area contributed by atoms with Gasteiger partial charge in [0.1, 0.15) is 0 Å². The molecule has 0 spiro atoms. The van der Waals surface area contributed by atoms with Crippen molar-refractivity contribution in [3.05, 3.63) is 0 Å². The van der Waals surface area contributed by atoms with Crippen molar-refractivity contribution in [2.45, 2.75) is 19.4 Å². The van der Waals surface area contributed by atoms with Gasteiger partial charge in [-0.05, 0) is 33.4 Å². The van der Waals surface area contributed by atoms with Gasteiger partial charge < -0.3 is 4.90 Å². The van der Waals surface area contributed by atoms with Crippen LogP contribution in [0.4, 0.5) is 0 Å². The van der Waals surface area contributed by atoms with Gasteiger partial charge in [-0.25, -0.2) is 5.32 Å². The molecule has 0 N–H and O–H groups in total. The molecule has 0 aromatic carbocycles. The zero-order valence-corrected chi connectivity index (χ0v) is 7.17. The molecule has 2 nitrogen and oxygen atoms in total. The smallest absolute Gasteiger partial charge is 0.0177 e. The lowest BCUT2D eigenvalue weighted by molar-refractivity contribution is 0.238. The highest BCUT2D eigenvalue weighted by molar-refractivity contribution is 4.79. The van der Waals surface area contributed by atoms with Gasteiger partial charge in [-0.15, -0.1) is 0 Å². The quantitative estimate of drug-likeness (QED) is 0.549. The van der Waals surface area contributed by atoms with Gasteiger partial charge in [-0.3, -0.25) is 0 Å². The van der Waals surface area contributed by atoms with E-state index in [2.05, 4.69) is 31.2 Å². The molecule has 1 radical (unpaired) electrons. The van der Waals surface area contributed by atoms with Gasteiger partial charge in [-0.2, -0.15) is 0 Å². The molecule has 1 aliphatic heterocycles. The molecule has 0 saturated carbocycles. The van der Waals surface area contributed by atoms with Crippen molar-refractivity contribution in [1.82, 2.24) is 10.2 Å². The molecule has 0 aromatic rings. The summed E-state index contributed by atoms with van der Waals surface area (Å²) in [5.74, 6) is 0.815. The standard InChI is InChI=1S/C8H17N2/c1-7(10(2)3)8-4-5-9-6-8/h7-8H,4-6H2,1-3H3. The third-order valence-electron chi connectivity index (χ3n) is 2.52. The van der Waals surface area contributed by atoms with E-state index in [4.69, 9.17) is 0 Å². The molecule has 2 heteroatoms. The highest BCUT2D eigenvalue weighted by Crippen LogP contribution is 2.16. The van der Waals surface area contributed by atoms with E-state index in [1.807, 2.05) is 0 Å². The molecular formula is C8H17N2. The molecule has 59 valence electrons. The van der Waals surface area contributed by atoms with E-state index in [0.29, 0.717) is 6.04 Å². The van der Waals surface area contributed by atoms with E-state index in [9.17, 15) is 0 Å². The molecule has 0 aliphatic carbocycles. The summed E-state index contributed by atoms with van der Waals surface area (Å²) in [5, 5.41) is 4.34. The second-order valence-electron chi connectivity index (χ2n) is 3.38. The molecule has 1 fully saturated rings. The zero-order valence-electron chi connectivity index (χ0n) is 7.17. The van der Waals surface area contributed by atoms with Crippen molar-refractivity contribution < 1.29 is 0 Å². The maximum atomic E-state index is 4.34. The van der Waals surface area contributed by atoms with Crippen molar-refractivity contribution >= 4 is 0 Å². The summed E-state index contributed by atoms with van der Waals surface area (Å²) in [6, 6.07) is 0.700. The lowest BCUT2D eigenvalue weighted by Gasteiger charge is -2.24. The summed E-state index contributed by atoms with van der Waals surface area (Å²) < 4.78 is 0. The minimum Gasteiger partial charge on any atom is -0.306 e. The lowest BCUT2D eigenvalue weighted by Crippen LogP contribution is -2.33. The van der Waals surface area contributed by atoms with Crippen LogP contribution in [-0.2, 0) is 0 Å². The van der Waals surface area contributed by atoms with E-state index in [-0.39, 0.29) is 0 Å². The largest absolute Gasteiger partial charge is 0.306 e. The molecule has 0 aromatic heterocycles. The third-order valence-corrected chi connectivity index (χ3v) is 2.52. The van der Waals surface area contributed by atoms with E-state index in [0.717, 1.165) is 19.0 Å². The lowest BCUT2D eigenvalue weighted by atomic mass is 10.00. The Labute approximate surface area is 63.6 Å². The van der Waals surface area contributed by atoms with Crippen LogP contribution in [-0.4, -0.2) is 38.1 Å². The number of hydrogen-bond acceptors (Lipinski definition) is 1. The SMILES string of the molecule is CC(C1CC[N]C1)N(C)C. The Morgan fingerprint density at radius 3 is 2.60 bits per heavy atom. The van der Waals surface area contributed by atoms with Crippen LogP contribution >= 0.6 is 0 Å². The molecule has 1 heterocycles. The Kier molecular flexibility index (Phi) is 2.69. The fraction of sp³-hybridized carbons (Fsp3) is 1.00. The normalized spacial score (nSPS) is 29.4. The monoisotopic (exact) mass is 141 g/mol. The van der Waals surface area contributed by atoms with Crippen LogP contribution in [0.25, 0.3) is 0 Å². The van der Waals surface area contributed by atoms with Gasteiger partial charge in [0.2, 0.25) is 0 Å². The Bertz CT molecular complexity index is 95.4. The molecule has 1 rings (SSSR count). The first-order valence-corrected chi connectivity index (χ1v) is 4.01. The van der Waals surface area contributed by atoms with Crippen LogP contribution in [0, 0.1) is 5.92 Å². The van der Waals surface area contributed by atoms with Crippen LogP contribution in [0.15, 0.2) is 0 Å². The Morgan fingerprint density at radius 1 is 1.50 bits per heavy atom. The van der Waals surface area contributed by atoms with Crippen molar-refractivity contribution in [3.8, 4) is 0 Å². The highest BCUT2D eigenvalue weighted by Gasteiger charge is 2.22. The predicted molar refractivity (Wildman–Crippen MR) is 43.1 cm³/mol. The van der Waals surface area contributed by atoms with Crippen molar-refractivity contribution in [2.75, 3.05) is 27.2 Å². The topological polar surface area (TPSA) is 17.3 Å². The molecule has 0 bridgehead atoms. The fourth-order valence-corrected chi connectivity index (χ4v) is 1.42. The molecule has 1 saturated heterocycles. The van der Waals surface area contributed by atoms with E-state index in [1.54, 1.807) is 0 Å². The number of hydrogen-bond donors (Lipinski definition) is 0. The van der Waals surface area contributed by atoms with E-state index in [1.165, 1.54) is 6.42 Å². The van der Waals surface area contributed by atoms with E-state index >= 15 is 0 Å². The van der Waals surface area contributed by atoms with Crippen molar-refractivity contribution in [3.63, 3.8) is 0 Å². The second-order valence-corrected chi connectivity index (χ2v) is 3.38. The summed E-state index contributed by atoms with van der Waals surface area (Å²) >= 11 is 0. The summed E-state index contributed by atoms with van der Waals surface area (Å²) in [6.07, 6.45) is 1.29. The minimum atomic E-state index is 0.700. The minimum absolute atomic E-state index is 0.700. The van der Waals surface area contributed by atoms with Crippen LogP contribution in [0.1, 0.15) is 13.3 Å². The molecule has 2 atom stereocenters. The van der Waals surface area contributed by atoms with Crippen LogP contribution < -0.4 is 5.32 Å². The van der Waals surface area contributed by atoms with Gasteiger partial charge in [-0.1, -0.05) is 0 Å². The third kappa shape index (κ3) is 1.70. The Hall–Kier alpha value is -0.0800. The van der Waals surface area contributed by atoms with Crippen LogP contribution in [0.5, 0.6) is 0 Å². The molecule has 0 amide bonds. The summed E-state index contributed by atoms with van der Waals surface area (Å²) in [7, 11) is 4.28. The van der Waals surface area contributed by atoms with Crippen molar-refractivity contribution in [1.29, 1.82) is 0 Å². The van der Waals surface area contributed by atoms with Gasteiger partial charge in [0.25, 0.3) is 0 Å². The zero-order chi connectivity index (χ0) is 7.56. The summed E-state index contributed by atoms with van der Waals surface area (Å²) in [4.78, 5) is 2.28. The predicted octanol–water partition coefficient (Wildman–Crippen LogP) is 0.561. The molecule has 2 unspecified atom stereocenters. The van der Waals surface area contributed by atoms with Crippen molar-refractivity contribution in [2.24, 2.45) is 5.92 Å². The average Bonchev–Trinajstić information content (AvgIpc) is 2.36. The number of nitrogens with zero attached hydrogens (tertiary/aromatic N) is 2. The summed E-state index contributed by atoms with van der Waals surface area (Å²) in [6.45, 7) is 4.45. The summed E-state index contributed by atoms with van der Waals surface area (Å²) in [5.41, 5.74) is 0. The molecule has 10 heavy (non-hydrogen) atoms. The first kappa shape index (κ1) is 8.02. The number of rotatable bonds is 2. The molecule has 1 aliphatic rings. The first-order valence-electron chi connectivity index (χ1n) is 4.01. The Balaban J connectivity index is 2.32. The fourth-order valence-electron chi connectivity index (χ4n) is 1.42. The highest BCUT2D eigenvalue weighted by atomic mass is 15.1. The second kappa shape index (κ2) is 3.35. The maximum absolute atomic E-state index is 4.34. The first-order chi connectivity index (χ1) is 4.72. The van der Waals surface area contributed by atoms with Crippen LogP contribution in [0.3, 0.4) is 0 Å². The average molecular weight is 141 g/mol. The Morgan fingerprint density at radius 2 is 2.20 bits per heavy atom.